The first kappa shape index (κ1) is 16.3. The summed E-state index contributed by atoms with van der Waals surface area (Å²) < 4.78 is 0. The van der Waals surface area contributed by atoms with Crippen LogP contribution in [0.5, 0.6) is 0 Å². The van der Waals surface area contributed by atoms with Gasteiger partial charge in [0.25, 0.3) is 0 Å². The summed E-state index contributed by atoms with van der Waals surface area (Å²) in [7, 11) is 0. The number of benzene rings is 1. The summed E-state index contributed by atoms with van der Waals surface area (Å²) in [5.74, 6) is 1.17. The van der Waals surface area contributed by atoms with Gasteiger partial charge in [-0.1, -0.05) is 58.9 Å². The third-order valence-corrected chi connectivity index (χ3v) is 5.07. The van der Waals surface area contributed by atoms with Gasteiger partial charge in [0, 0.05) is 15.8 Å². The second-order valence-electron chi connectivity index (χ2n) is 6.22. The Bertz CT molecular complexity index is 568. The van der Waals surface area contributed by atoms with Crippen LogP contribution in [0.3, 0.4) is 0 Å². The molecule has 0 aliphatic carbocycles. The largest absolute Gasteiger partial charge is 0.309 e. The molecular formula is C19H27NS. The van der Waals surface area contributed by atoms with E-state index in [1.54, 1.807) is 0 Å². The van der Waals surface area contributed by atoms with Crippen LogP contribution >= 0.6 is 11.3 Å². The van der Waals surface area contributed by atoms with E-state index in [2.05, 4.69) is 76.3 Å². The topological polar surface area (TPSA) is 12.0 Å². The van der Waals surface area contributed by atoms with E-state index < -0.39 is 0 Å². The van der Waals surface area contributed by atoms with Crippen LogP contribution in [0.4, 0.5) is 0 Å². The molecule has 2 heteroatoms. The second kappa shape index (κ2) is 7.24. The predicted octanol–water partition coefficient (Wildman–Crippen LogP) is 5.85. The minimum Gasteiger partial charge on any atom is -0.309 e. The normalized spacial score (nSPS) is 13.1. The van der Waals surface area contributed by atoms with Crippen LogP contribution in [0.1, 0.15) is 57.0 Å². The van der Waals surface area contributed by atoms with Gasteiger partial charge in [-0.05, 0) is 41.6 Å². The van der Waals surface area contributed by atoms with Crippen molar-refractivity contribution in [3.05, 3.63) is 46.8 Å². The van der Waals surface area contributed by atoms with Gasteiger partial charge in [0.1, 0.15) is 0 Å². The van der Waals surface area contributed by atoms with Crippen molar-refractivity contribution in [1.29, 1.82) is 0 Å². The molecule has 0 aliphatic heterocycles. The molecule has 0 amide bonds. The Kier molecular flexibility index (Phi) is 5.60. The van der Waals surface area contributed by atoms with Crippen molar-refractivity contribution in [2.45, 2.75) is 46.6 Å². The smallest absolute Gasteiger partial charge is 0.0438 e. The van der Waals surface area contributed by atoms with Gasteiger partial charge in [-0.15, -0.1) is 11.3 Å². The zero-order chi connectivity index (χ0) is 15.4. The van der Waals surface area contributed by atoms with Crippen molar-refractivity contribution >= 4 is 11.3 Å². The molecule has 1 aromatic heterocycles. The van der Waals surface area contributed by atoms with Crippen molar-refractivity contribution in [2.75, 3.05) is 6.54 Å². The standard InChI is InChI=1S/C19H27NS/c1-6-20-19(14(4)5)18-12-11-17(21-18)16-10-8-7-9-15(16)13(2)3/h7-14,19-20H,6H2,1-5H3. The van der Waals surface area contributed by atoms with Crippen LogP contribution in [-0.2, 0) is 0 Å². The molecule has 0 bridgehead atoms. The van der Waals surface area contributed by atoms with Gasteiger partial charge in [0.2, 0.25) is 0 Å². The van der Waals surface area contributed by atoms with Gasteiger partial charge < -0.3 is 5.32 Å². The van der Waals surface area contributed by atoms with Crippen LogP contribution in [0.25, 0.3) is 10.4 Å². The van der Waals surface area contributed by atoms with Crippen molar-refractivity contribution in [3.63, 3.8) is 0 Å². The fourth-order valence-electron chi connectivity index (χ4n) is 2.77. The first-order valence-corrected chi connectivity index (χ1v) is 8.78. The Balaban J connectivity index is 2.36. The molecule has 0 saturated heterocycles. The van der Waals surface area contributed by atoms with E-state index in [0.717, 1.165) is 6.54 Å². The third kappa shape index (κ3) is 3.75. The molecule has 21 heavy (non-hydrogen) atoms. The van der Waals surface area contributed by atoms with Crippen LogP contribution in [0, 0.1) is 5.92 Å². The molecule has 0 spiro atoms. The number of rotatable bonds is 6. The summed E-state index contributed by atoms with van der Waals surface area (Å²) in [5.41, 5.74) is 2.83. The van der Waals surface area contributed by atoms with E-state index in [1.165, 1.54) is 20.9 Å². The van der Waals surface area contributed by atoms with Gasteiger partial charge in [0.15, 0.2) is 0 Å². The first-order chi connectivity index (χ1) is 10.0. The van der Waals surface area contributed by atoms with Gasteiger partial charge in [0.05, 0.1) is 0 Å². The van der Waals surface area contributed by atoms with E-state index in [-0.39, 0.29) is 0 Å². The zero-order valence-corrected chi connectivity index (χ0v) is 14.6. The average molecular weight is 301 g/mol. The first-order valence-electron chi connectivity index (χ1n) is 7.97. The lowest BCUT2D eigenvalue weighted by molar-refractivity contribution is 0.428. The highest BCUT2D eigenvalue weighted by atomic mass is 32.1. The Morgan fingerprint density at radius 1 is 1.00 bits per heavy atom. The minimum atomic E-state index is 0.458. The summed E-state index contributed by atoms with van der Waals surface area (Å²) >= 11 is 1.93. The maximum Gasteiger partial charge on any atom is 0.0438 e. The molecule has 2 aromatic rings. The van der Waals surface area contributed by atoms with Crippen LogP contribution in [0.2, 0.25) is 0 Å². The molecule has 0 saturated carbocycles. The Morgan fingerprint density at radius 3 is 2.33 bits per heavy atom. The van der Waals surface area contributed by atoms with Crippen LogP contribution < -0.4 is 5.32 Å². The minimum absolute atomic E-state index is 0.458. The number of nitrogens with one attached hydrogen (secondary N) is 1. The summed E-state index contributed by atoms with van der Waals surface area (Å²) in [6.07, 6.45) is 0. The quantitative estimate of drug-likeness (QED) is 0.706. The summed E-state index contributed by atoms with van der Waals surface area (Å²) in [6.45, 7) is 12.3. The van der Waals surface area contributed by atoms with Gasteiger partial charge in [-0.25, -0.2) is 0 Å². The van der Waals surface area contributed by atoms with Crippen LogP contribution in [-0.4, -0.2) is 6.54 Å². The maximum absolute atomic E-state index is 3.61. The molecule has 1 unspecified atom stereocenters. The Morgan fingerprint density at radius 2 is 1.71 bits per heavy atom. The van der Waals surface area contributed by atoms with Crippen molar-refractivity contribution < 1.29 is 0 Å². The molecule has 114 valence electrons. The van der Waals surface area contributed by atoms with E-state index in [1.807, 2.05) is 11.3 Å². The molecule has 1 atom stereocenters. The maximum atomic E-state index is 3.61. The summed E-state index contributed by atoms with van der Waals surface area (Å²) in [6, 6.07) is 13.8. The van der Waals surface area contributed by atoms with E-state index in [9.17, 15) is 0 Å². The monoisotopic (exact) mass is 301 g/mol. The second-order valence-corrected chi connectivity index (χ2v) is 7.34. The molecule has 1 N–H and O–H groups in total. The highest BCUT2D eigenvalue weighted by Crippen LogP contribution is 2.37. The lowest BCUT2D eigenvalue weighted by Gasteiger charge is -2.20. The predicted molar refractivity (Wildman–Crippen MR) is 95.1 cm³/mol. The summed E-state index contributed by atoms with van der Waals surface area (Å²) in [5, 5.41) is 3.61. The van der Waals surface area contributed by atoms with Gasteiger partial charge >= 0.3 is 0 Å². The molecule has 1 nitrogen and oxygen atoms in total. The highest BCUT2D eigenvalue weighted by Gasteiger charge is 2.18. The third-order valence-electron chi connectivity index (χ3n) is 3.87. The fraction of sp³-hybridized carbons (Fsp3) is 0.474. The molecule has 0 aliphatic rings. The van der Waals surface area contributed by atoms with E-state index in [0.29, 0.717) is 17.9 Å². The molecular weight excluding hydrogens is 274 g/mol. The zero-order valence-electron chi connectivity index (χ0n) is 13.8. The van der Waals surface area contributed by atoms with Gasteiger partial charge in [-0.2, -0.15) is 0 Å². The lowest BCUT2D eigenvalue weighted by atomic mass is 9.96. The van der Waals surface area contributed by atoms with E-state index >= 15 is 0 Å². The molecule has 2 rings (SSSR count). The average Bonchev–Trinajstić information content (AvgIpc) is 2.93. The van der Waals surface area contributed by atoms with Crippen molar-refractivity contribution in [2.24, 2.45) is 5.92 Å². The lowest BCUT2D eigenvalue weighted by Crippen LogP contribution is -2.24. The van der Waals surface area contributed by atoms with Crippen LogP contribution in [0.15, 0.2) is 36.4 Å². The molecule has 1 heterocycles. The number of hydrogen-bond donors (Lipinski definition) is 1. The fourth-order valence-corrected chi connectivity index (χ4v) is 4.08. The SMILES string of the molecule is CCNC(c1ccc(-c2ccccc2C(C)C)s1)C(C)C. The Hall–Kier alpha value is -1.12. The summed E-state index contributed by atoms with van der Waals surface area (Å²) in [4.78, 5) is 2.83. The highest BCUT2D eigenvalue weighted by molar-refractivity contribution is 7.15. The Labute approximate surface area is 133 Å². The molecule has 0 radical (unpaired) electrons. The number of thiophene rings is 1. The van der Waals surface area contributed by atoms with Crippen molar-refractivity contribution in [3.8, 4) is 10.4 Å². The van der Waals surface area contributed by atoms with Gasteiger partial charge in [-0.3, -0.25) is 0 Å². The van der Waals surface area contributed by atoms with E-state index in [4.69, 9.17) is 0 Å². The van der Waals surface area contributed by atoms with Crippen molar-refractivity contribution in [1.82, 2.24) is 5.32 Å². The molecule has 1 aromatic carbocycles. The molecule has 0 fully saturated rings. The number of hydrogen-bond acceptors (Lipinski definition) is 2.